The lowest BCUT2D eigenvalue weighted by Crippen LogP contribution is -2.29. The number of carboxylic acid groups (broad SMARTS) is 1. The topological polar surface area (TPSA) is 57.2 Å². The number of rotatable bonds is 5. The van der Waals surface area contributed by atoms with Gasteiger partial charge in [0.2, 0.25) is 0 Å². The average Bonchev–Trinajstić information content (AvgIpc) is 2.25. The molecule has 1 atom stereocenters. The SMILES string of the molecule is C=CCC(C(=O)[O-])c1ccc(C(C)=O)cc1. The molecule has 0 aliphatic carbocycles. The molecule has 0 spiro atoms. The molecule has 1 aromatic rings. The third-order valence-corrected chi connectivity index (χ3v) is 2.41. The van der Waals surface area contributed by atoms with Gasteiger partial charge in [-0.15, -0.1) is 6.58 Å². The van der Waals surface area contributed by atoms with Crippen LogP contribution in [-0.4, -0.2) is 11.8 Å². The second-order valence-corrected chi connectivity index (χ2v) is 3.57. The van der Waals surface area contributed by atoms with Gasteiger partial charge in [-0.25, -0.2) is 0 Å². The van der Waals surface area contributed by atoms with Crippen LogP contribution in [0.1, 0.15) is 35.2 Å². The highest BCUT2D eigenvalue weighted by Gasteiger charge is 2.11. The Morgan fingerprint density at radius 2 is 1.94 bits per heavy atom. The quantitative estimate of drug-likeness (QED) is 0.551. The number of allylic oxidation sites excluding steroid dienone is 1. The molecule has 1 rings (SSSR count). The van der Waals surface area contributed by atoms with E-state index in [0.29, 0.717) is 17.5 Å². The Bertz CT molecular complexity index is 404. The van der Waals surface area contributed by atoms with E-state index >= 15 is 0 Å². The standard InChI is InChI=1S/C13H14O3/c1-3-4-12(13(15)16)11-7-5-10(6-8-11)9(2)14/h3,5-8,12H,1,4H2,2H3,(H,15,16)/p-1. The maximum Gasteiger partial charge on any atom is 0.159 e. The van der Waals surface area contributed by atoms with Gasteiger partial charge in [-0.3, -0.25) is 4.79 Å². The zero-order valence-corrected chi connectivity index (χ0v) is 9.10. The van der Waals surface area contributed by atoms with E-state index in [0.717, 1.165) is 0 Å². The van der Waals surface area contributed by atoms with Crippen LogP contribution in [0.15, 0.2) is 36.9 Å². The summed E-state index contributed by atoms with van der Waals surface area (Å²) in [7, 11) is 0. The number of benzene rings is 1. The lowest BCUT2D eigenvalue weighted by Gasteiger charge is -2.16. The zero-order chi connectivity index (χ0) is 12.1. The number of hydrogen-bond donors (Lipinski definition) is 0. The Hall–Kier alpha value is -1.90. The number of Topliss-reactive ketones (excluding diaryl/α,β-unsaturated/α-hetero) is 1. The second kappa shape index (κ2) is 5.26. The molecule has 0 aliphatic heterocycles. The number of ketones is 1. The molecule has 0 aromatic heterocycles. The maximum atomic E-state index is 11.0. The molecule has 84 valence electrons. The van der Waals surface area contributed by atoms with Crippen LogP contribution in [0.3, 0.4) is 0 Å². The Balaban J connectivity index is 2.98. The summed E-state index contributed by atoms with van der Waals surface area (Å²) in [5.74, 6) is -1.87. The van der Waals surface area contributed by atoms with Crippen LogP contribution >= 0.6 is 0 Å². The fourth-order valence-corrected chi connectivity index (χ4v) is 1.49. The highest BCUT2D eigenvalue weighted by atomic mass is 16.4. The van der Waals surface area contributed by atoms with Gasteiger partial charge in [-0.2, -0.15) is 0 Å². The molecule has 0 saturated carbocycles. The molecule has 3 nitrogen and oxygen atoms in total. The maximum absolute atomic E-state index is 11.0. The molecule has 0 fully saturated rings. The summed E-state index contributed by atoms with van der Waals surface area (Å²) < 4.78 is 0. The minimum Gasteiger partial charge on any atom is -0.549 e. The van der Waals surface area contributed by atoms with Crippen LogP contribution in [0.5, 0.6) is 0 Å². The molecule has 0 amide bonds. The van der Waals surface area contributed by atoms with Crippen LogP contribution in [0.4, 0.5) is 0 Å². The van der Waals surface area contributed by atoms with E-state index in [1.807, 2.05) is 0 Å². The van der Waals surface area contributed by atoms with Crippen molar-refractivity contribution in [3.8, 4) is 0 Å². The molecular weight excluding hydrogens is 204 g/mol. The van der Waals surface area contributed by atoms with Crippen molar-refractivity contribution in [3.63, 3.8) is 0 Å². The van der Waals surface area contributed by atoms with Gasteiger partial charge in [0.15, 0.2) is 5.78 Å². The Morgan fingerprint density at radius 1 is 1.38 bits per heavy atom. The van der Waals surface area contributed by atoms with Crippen molar-refractivity contribution >= 4 is 11.8 Å². The third kappa shape index (κ3) is 2.79. The number of hydrogen-bond acceptors (Lipinski definition) is 3. The van der Waals surface area contributed by atoms with E-state index in [4.69, 9.17) is 0 Å². The molecular formula is C13H13O3-. The second-order valence-electron chi connectivity index (χ2n) is 3.57. The van der Waals surface area contributed by atoms with Crippen LogP contribution in [0.25, 0.3) is 0 Å². The molecule has 0 bridgehead atoms. The van der Waals surface area contributed by atoms with Crippen molar-refractivity contribution in [1.82, 2.24) is 0 Å². The summed E-state index contributed by atoms with van der Waals surface area (Å²) in [5.41, 5.74) is 1.20. The van der Waals surface area contributed by atoms with Gasteiger partial charge >= 0.3 is 0 Å². The summed E-state index contributed by atoms with van der Waals surface area (Å²) >= 11 is 0. The van der Waals surface area contributed by atoms with Crippen molar-refractivity contribution < 1.29 is 14.7 Å². The van der Waals surface area contributed by atoms with Gasteiger partial charge in [0.05, 0.1) is 0 Å². The number of aliphatic carboxylic acids is 1. The molecule has 1 unspecified atom stereocenters. The van der Waals surface area contributed by atoms with Crippen molar-refractivity contribution in [1.29, 1.82) is 0 Å². The van der Waals surface area contributed by atoms with Gasteiger partial charge in [0.1, 0.15) is 0 Å². The predicted octanol–water partition coefficient (Wildman–Crippen LogP) is 1.30. The van der Waals surface area contributed by atoms with Gasteiger partial charge < -0.3 is 9.90 Å². The van der Waals surface area contributed by atoms with E-state index < -0.39 is 11.9 Å². The highest BCUT2D eigenvalue weighted by Crippen LogP contribution is 2.20. The number of carbonyl (C=O) groups is 2. The van der Waals surface area contributed by atoms with E-state index in [-0.39, 0.29) is 5.78 Å². The summed E-state index contributed by atoms with van der Waals surface area (Å²) in [5, 5.41) is 10.9. The minimum atomic E-state index is -1.13. The van der Waals surface area contributed by atoms with Crippen molar-refractivity contribution in [3.05, 3.63) is 48.0 Å². The summed E-state index contributed by atoms with van der Waals surface area (Å²) in [6, 6.07) is 6.52. The van der Waals surface area contributed by atoms with Crippen molar-refractivity contribution in [2.24, 2.45) is 0 Å². The summed E-state index contributed by atoms with van der Waals surface area (Å²) in [6.45, 7) is 4.98. The molecule has 16 heavy (non-hydrogen) atoms. The highest BCUT2D eigenvalue weighted by molar-refractivity contribution is 5.94. The van der Waals surface area contributed by atoms with E-state index in [1.54, 1.807) is 30.3 Å². The minimum absolute atomic E-state index is 0.0414. The lowest BCUT2D eigenvalue weighted by molar-refractivity contribution is -0.307. The van der Waals surface area contributed by atoms with Crippen molar-refractivity contribution in [2.75, 3.05) is 0 Å². The molecule has 1 aromatic carbocycles. The lowest BCUT2D eigenvalue weighted by atomic mass is 9.94. The first-order valence-corrected chi connectivity index (χ1v) is 4.99. The third-order valence-electron chi connectivity index (χ3n) is 2.41. The fourth-order valence-electron chi connectivity index (χ4n) is 1.49. The largest absolute Gasteiger partial charge is 0.549 e. The predicted molar refractivity (Wildman–Crippen MR) is 59.0 cm³/mol. The van der Waals surface area contributed by atoms with E-state index in [2.05, 4.69) is 6.58 Å². The Kier molecular flexibility index (Phi) is 4.00. The van der Waals surface area contributed by atoms with E-state index in [1.165, 1.54) is 6.92 Å². The number of carboxylic acids is 1. The fraction of sp³-hybridized carbons (Fsp3) is 0.231. The molecule has 0 radical (unpaired) electrons. The van der Waals surface area contributed by atoms with Gasteiger partial charge in [-0.1, -0.05) is 30.3 Å². The first-order chi connectivity index (χ1) is 7.56. The monoisotopic (exact) mass is 217 g/mol. The van der Waals surface area contributed by atoms with Gasteiger partial charge in [-0.05, 0) is 18.9 Å². The summed E-state index contributed by atoms with van der Waals surface area (Å²) in [6.07, 6.45) is 1.86. The molecule has 0 saturated heterocycles. The first-order valence-electron chi connectivity index (χ1n) is 4.99. The smallest absolute Gasteiger partial charge is 0.159 e. The van der Waals surface area contributed by atoms with Crippen LogP contribution in [0.2, 0.25) is 0 Å². The average molecular weight is 217 g/mol. The summed E-state index contributed by atoms with van der Waals surface area (Å²) in [4.78, 5) is 21.9. The van der Waals surface area contributed by atoms with Crippen LogP contribution in [-0.2, 0) is 4.79 Å². The Morgan fingerprint density at radius 3 is 2.31 bits per heavy atom. The first kappa shape index (κ1) is 12.2. The Labute approximate surface area is 94.4 Å². The van der Waals surface area contributed by atoms with Gasteiger partial charge in [0.25, 0.3) is 0 Å². The molecule has 0 N–H and O–H groups in total. The van der Waals surface area contributed by atoms with E-state index in [9.17, 15) is 14.7 Å². The van der Waals surface area contributed by atoms with Gasteiger partial charge in [0, 0.05) is 17.5 Å². The van der Waals surface area contributed by atoms with Crippen LogP contribution < -0.4 is 5.11 Å². The molecule has 3 heteroatoms. The number of carbonyl (C=O) groups excluding carboxylic acids is 2. The van der Waals surface area contributed by atoms with Crippen LogP contribution in [0, 0.1) is 0 Å². The molecule has 0 aliphatic rings. The zero-order valence-electron chi connectivity index (χ0n) is 9.10. The normalized spacial score (nSPS) is 11.8. The molecule has 0 heterocycles. The van der Waals surface area contributed by atoms with Crippen molar-refractivity contribution in [2.45, 2.75) is 19.3 Å².